The molecule has 17 heavy (non-hydrogen) atoms. The van der Waals surface area contributed by atoms with Crippen LogP contribution >= 0.6 is 0 Å². The highest BCUT2D eigenvalue weighted by Crippen LogP contribution is 2.19. The molecule has 2 aromatic rings. The van der Waals surface area contributed by atoms with E-state index in [2.05, 4.69) is 0 Å². The first-order chi connectivity index (χ1) is 8.19. The van der Waals surface area contributed by atoms with Gasteiger partial charge in [0.05, 0.1) is 19.4 Å². The fourth-order valence-corrected chi connectivity index (χ4v) is 1.67. The van der Waals surface area contributed by atoms with Gasteiger partial charge in [0, 0.05) is 12.7 Å². The molecule has 90 valence electrons. The molecule has 0 aliphatic rings. The molecule has 0 amide bonds. The van der Waals surface area contributed by atoms with Crippen molar-refractivity contribution in [3.63, 3.8) is 0 Å². The zero-order valence-corrected chi connectivity index (χ0v) is 9.56. The molecule has 2 rings (SSSR count). The van der Waals surface area contributed by atoms with E-state index in [1.165, 1.54) is 12.1 Å². The SMILES string of the molecule is CN(Cc1ccco1)c1cc(F)cc(CO)c1. The van der Waals surface area contributed by atoms with Gasteiger partial charge >= 0.3 is 0 Å². The molecule has 0 bridgehead atoms. The van der Waals surface area contributed by atoms with Crippen LogP contribution in [0.5, 0.6) is 0 Å². The first-order valence-electron chi connectivity index (χ1n) is 5.33. The quantitative estimate of drug-likeness (QED) is 0.884. The number of benzene rings is 1. The van der Waals surface area contributed by atoms with Crippen LogP contribution in [0.25, 0.3) is 0 Å². The molecule has 0 fully saturated rings. The van der Waals surface area contributed by atoms with E-state index in [-0.39, 0.29) is 12.4 Å². The average Bonchev–Trinajstić information content (AvgIpc) is 2.81. The van der Waals surface area contributed by atoms with E-state index in [1.807, 2.05) is 24.1 Å². The molecule has 1 N–H and O–H groups in total. The highest BCUT2D eigenvalue weighted by atomic mass is 19.1. The van der Waals surface area contributed by atoms with Crippen molar-refractivity contribution in [3.8, 4) is 0 Å². The van der Waals surface area contributed by atoms with Crippen molar-refractivity contribution in [1.82, 2.24) is 0 Å². The first kappa shape index (κ1) is 11.7. The number of anilines is 1. The van der Waals surface area contributed by atoms with Crippen molar-refractivity contribution in [2.45, 2.75) is 13.2 Å². The average molecular weight is 235 g/mol. The van der Waals surface area contributed by atoms with Gasteiger partial charge in [0.15, 0.2) is 0 Å². The first-order valence-corrected chi connectivity index (χ1v) is 5.33. The van der Waals surface area contributed by atoms with Crippen LogP contribution in [0.4, 0.5) is 10.1 Å². The minimum atomic E-state index is -0.349. The Kier molecular flexibility index (Phi) is 3.44. The number of hydrogen-bond acceptors (Lipinski definition) is 3. The predicted octanol–water partition coefficient (Wildman–Crippen LogP) is 2.55. The molecule has 1 heterocycles. The zero-order chi connectivity index (χ0) is 12.3. The number of halogens is 1. The van der Waals surface area contributed by atoms with E-state index in [0.29, 0.717) is 17.8 Å². The molecule has 0 atom stereocenters. The van der Waals surface area contributed by atoms with Crippen molar-refractivity contribution in [2.24, 2.45) is 0 Å². The molecule has 1 aromatic carbocycles. The summed E-state index contributed by atoms with van der Waals surface area (Å²) >= 11 is 0. The van der Waals surface area contributed by atoms with E-state index >= 15 is 0 Å². The van der Waals surface area contributed by atoms with Crippen LogP contribution in [-0.4, -0.2) is 12.2 Å². The molecule has 4 heteroatoms. The summed E-state index contributed by atoms with van der Waals surface area (Å²) in [6.07, 6.45) is 1.61. The Morgan fingerprint density at radius 1 is 1.35 bits per heavy atom. The molecule has 0 spiro atoms. The second-order valence-corrected chi connectivity index (χ2v) is 3.91. The Hall–Kier alpha value is -1.81. The van der Waals surface area contributed by atoms with Crippen molar-refractivity contribution < 1.29 is 13.9 Å². The Bertz CT molecular complexity index is 482. The lowest BCUT2D eigenvalue weighted by Crippen LogP contribution is -2.16. The summed E-state index contributed by atoms with van der Waals surface area (Å²) < 4.78 is 18.5. The van der Waals surface area contributed by atoms with Crippen molar-refractivity contribution in [1.29, 1.82) is 0 Å². The molecule has 0 aliphatic heterocycles. The van der Waals surface area contributed by atoms with Gasteiger partial charge in [-0.05, 0) is 35.9 Å². The minimum Gasteiger partial charge on any atom is -0.467 e. The van der Waals surface area contributed by atoms with E-state index in [1.54, 1.807) is 12.3 Å². The lowest BCUT2D eigenvalue weighted by atomic mass is 10.2. The highest BCUT2D eigenvalue weighted by Gasteiger charge is 2.07. The van der Waals surface area contributed by atoms with E-state index in [9.17, 15) is 4.39 Å². The van der Waals surface area contributed by atoms with Crippen molar-refractivity contribution in [3.05, 3.63) is 53.7 Å². The Balaban J connectivity index is 2.18. The van der Waals surface area contributed by atoms with Gasteiger partial charge in [-0.15, -0.1) is 0 Å². The van der Waals surface area contributed by atoms with Crippen LogP contribution in [0.2, 0.25) is 0 Å². The van der Waals surface area contributed by atoms with E-state index in [4.69, 9.17) is 9.52 Å². The normalized spacial score (nSPS) is 10.5. The molecule has 3 nitrogen and oxygen atoms in total. The van der Waals surface area contributed by atoms with Gasteiger partial charge in [-0.2, -0.15) is 0 Å². The number of furan rings is 1. The van der Waals surface area contributed by atoms with Crippen LogP contribution in [0.1, 0.15) is 11.3 Å². The molecule has 0 unspecified atom stereocenters. The van der Waals surface area contributed by atoms with Gasteiger partial charge in [0.25, 0.3) is 0 Å². The van der Waals surface area contributed by atoms with Gasteiger partial charge in [-0.1, -0.05) is 0 Å². The monoisotopic (exact) mass is 235 g/mol. The third kappa shape index (κ3) is 2.85. The third-order valence-corrected chi connectivity index (χ3v) is 2.54. The number of aliphatic hydroxyl groups excluding tert-OH is 1. The standard InChI is InChI=1S/C13H14FNO2/c1-15(8-13-3-2-4-17-13)12-6-10(9-16)5-11(14)7-12/h2-7,16H,8-9H2,1H3. The van der Waals surface area contributed by atoms with Gasteiger partial charge in [-0.25, -0.2) is 4.39 Å². The summed E-state index contributed by atoms with van der Waals surface area (Å²) in [6, 6.07) is 8.19. The van der Waals surface area contributed by atoms with Crippen LogP contribution in [-0.2, 0) is 13.2 Å². The number of rotatable bonds is 4. The summed E-state index contributed by atoms with van der Waals surface area (Å²) in [4.78, 5) is 1.86. The fourth-order valence-electron chi connectivity index (χ4n) is 1.67. The smallest absolute Gasteiger partial charge is 0.125 e. The summed E-state index contributed by atoms with van der Waals surface area (Å²) in [5.74, 6) is 0.458. The summed E-state index contributed by atoms with van der Waals surface area (Å²) in [5.41, 5.74) is 1.27. The molecular weight excluding hydrogens is 221 g/mol. The predicted molar refractivity (Wildman–Crippen MR) is 63.1 cm³/mol. The Labute approximate surface area is 99.1 Å². The maximum Gasteiger partial charge on any atom is 0.125 e. The van der Waals surface area contributed by atoms with Crippen LogP contribution in [0, 0.1) is 5.82 Å². The summed E-state index contributed by atoms with van der Waals surface area (Å²) in [5, 5.41) is 9.02. The second-order valence-electron chi connectivity index (χ2n) is 3.91. The Morgan fingerprint density at radius 2 is 2.18 bits per heavy atom. The zero-order valence-electron chi connectivity index (χ0n) is 9.56. The van der Waals surface area contributed by atoms with Gasteiger partial charge < -0.3 is 14.4 Å². The minimum absolute atomic E-state index is 0.167. The fraction of sp³-hybridized carbons (Fsp3) is 0.231. The van der Waals surface area contributed by atoms with Gasteiger partial charge in [-0.3, -0.25) is 0 Å². The summed E-state index contributed by atoms with van der Waals surface area (Å²) in [7, 11) is 1.85. The van der Waals surface area contributed by atoms with Gasteiger partial charge in [0.1, 0.15) is 11.6 Å². The Morgan fingerprint density at radius 3 is 2.82 bits per heavy atom. The number of nitrogens with zero attached hydrogens (tertiary/aromatic N) is 1. The van der Waals surface area contributed by atoms with Crippen LogP contribution in [0.3, 0.4) is 0 Å². The lowest BCUT2D eigenvalue weighted by molar-refractivity contribution is 0.281. The number of hydrogen-bond donors (Lipinski definition) is 1. The molecule has 0 radical (unpaired) electrons. The lowest BCUT2D eigenvalue weighted by Gasteiger charge is -2.18. The maximum atomic E-state index is 13.3. The largest absolute Gasteiger partial charge is 0.467 e. The van der Waals surface area contributed by atoms with Gasteiger partial charge in [0.2, 0.25) is 0 Å². The number of aliphatic hydroxyl groups is 1. The van der Waals surface area contributed by atoms with Crippen LogP contribution < -0.4 is 4.90 Å². The molecule has 0 saturated heterocycles. The second kappa shape index (κ2) is 5.01. The molecule has 0 saturated carbocycles. The summed E-state index contributed by atoms with van der Waals surface area (Å²) in [6.45, 7) is 0.390. The van der Waals surface area contributed by atoms with E-state index < -0.39 is 0 Å². The topological polar surface area (TPSA) is 36.6 Å². The van der Waals surface area contributed by atoms with Crippen LogP contribution in [0.15, 0.2) is 41.0 Å². The van der Waals surface area contributed by atoms with Crippen molar-refractivity contribution in [2.75, 3.05) is 11.9 Å². The van der Waals surface area contributed by atoms with E-state index in [0.717, 1.165) is 5.76 Å². The maximum absolute atomic E-state index is 13.3. The molecule has 0 aliphatic carbocycles. The van der Waals surface area contributed by atoms with Crippen molar-refractivity contribution >= 4 is 5.69 Å². The molecular formula is C13H14FNO2. The molecule has 1 aromatic heterocycles. The highest BCUT2D eigenvalue weighted by molar-refractivity contribution is 5.48. The third-order valence-electron chi connectivity index (χ3n) is 2.54.